The largest absolute Gasteiger partial charge is 0.480 e. The minimum absolute atomic E-state index is 0.242. The molecule has 0 bridgehead atoms. The molecule has 1 aromatic carbocycles. The number of ether oxygens (including phenoxy) is 1. The van der Waals surface area contributed by atoms with Gasteiger partial charge >= 0.3 is 0 Å². The minimum Gasteiger partial charge on any atom is -0.480 e. The van der Waals surface area contributed by atoms with E-state index in [1.54, 1.807) is 29.2 Å². The number of hydrogen-bond acceptors (Lipinski definition) is 4. The van der Waals surface area contributed by atoms with Crippen molar-refractivity contribution in [1.29, 1.82) is 0 Å². The average molecular weight is 387 g/mol. The average Bonchev–Trinajstić information content (AvgIpc) is 3.02. The number of aromatic nitrogens is 3. The van der Waals surface area contributed by atoms with E-state index < -0.39 is 0 Å². The van der Waals surface area contributed by atoms with Gasteiger partial charge in [0.25, 0.3) is 5.91 Å². The minimum atomic E-state index is -0.242. The van der Waals surface area contributed by atoms with Gasteiger partial charge in [-0.2, -0.15) is 5.10 Å². The summed E-state index contributed by atoms with van der Waals surface area (Å²) in [4.78, 5) is 16.7. The van der Waals surface area contributed by atoms with Crippen LogP contribution in [0.4, 0.5) is 5.69 Å². The molecule has 0 unspecified atom stereocenters. The highest BCUT2D eigenvalue weighted by molar-refractivity contribution is 9.10. The van der Waals surface area contributed by atoms with Gasteiger partial charge in [0, 0.05) is 18.0 Å². The maximum absolute atomic E-state index is 12.5. The lowest BCUT2D eigenvalue weighted by Crippen LogP contribution is -2.13. The van der Waals surface area contributed by atoms with E-state index >= 15 is 0 Å². The van der Waals surface area contributed by atoms with E-state index in [0.29, 0.717) is 17.1 Å². The quantitative estimate of drug-likeness (QED) is 0.743. The summed E-state index contributed by atoms with van der Waals surface area (Å²) in [5.41, 5.74) is 2.78. The van der Waals surface area contributed by atoms with Gasteiger partial charge in [0.1, 0.15) is 5.69 Å². The van der Waals surface area contributed by atoms with Crippen molar-refractivity contribution in [2.45, 2.75) is 6.92 Å². The van der Waals surface area contributed by atoms with Crippen LogP contribution in [0.1, 0.15) is 15.9 Å². The maximum Gasteiger partial charge on any atom is 0.255 e. The number of anilines is 1. The van der Waals surface area contributed by atoms with Crippen LogP contribution >= 0.6 is 15.9 Å². The molecular weight excluding hydrogens is 372 g/mol. The van der Waals surface area contributed by atoms with Crippen molar-refractivity contribution in [3.63, 3.8) is 0 Å². The van der Waals surface area contributed by atoms with Crippen molar-refractivity contribution in [2.24, 2.45) is 0 Å². The smallest absolute Gasteiger partial charge is 0.255 e. The zero-order valence-corrected chi connectivity index (χ0v) is 14.7. The molecule has 3 rings (SSSR count). The van der Waals surface area contributed by atoms with E-state index in [4.69, 9.17) is 4.74 Å². The molecule has 122 valence electrons. The van der Waals surface area contributed by atoms with Crippen LogP contribution in [-0.2, 0) is 0 Å². The van der Waals surface area contributed by atoms with Crippen LogP contribution in [0.15, 0.2) is 53.4 Å². The van der Waals surface area contributed by atoms with E-state index in [9.17, 15) is 4.79 Å². The molecule has 0 aliphatic rings. The summed E-state index contributed by atoms with van der Waals surface area (Å²) in [6.07, 6.45) is 5.20. The fraction of sp³-hybridized carbons (Fsp3) is 0.118. The molecule has 1 N–H and O–H groups in total. The normalized spacial score (nSPS) is 10.5. The van der Waals surface area contributed by atoms with E-state index in [1.165, 1.54) is 7.11 Å². The van der Waals surface area contributed by atoms with Gasteiger partial charge in [0.05, 0.1) is 23.5 Å². The number of rotatable bonds is 4. The molecule has 0 spiro atoms. The number of hydrogen-bond donors (Lipinski definition) is 1. The van der Waals surface area contributed by atoms with E-state index in [1.807, 2.05) is 31.3 Å². The third-order valence-corrected chi connectivity index (χ3v) is 3.76. The van der Waals surface area contributed by atoms with Crippen LogP contribution in [0.2, 0.25) is 0 Å². The standard InChI is InChI=1S/C17H15BrN4O2/c1-11-6-15(17(24-2)19-8-11)21-16(23)12-4-3-5-14(7-12)22-10-13(18)9-20-22/h3-10H,1-2H3,(H,21,23). The fourth-order valence-electron chi connectivity index (χ4n) is 2.24. The van der Waals surface area contributed by atoms with Gasteiger partial charge in [-0.3, -0.25) is 4.79 Å². The Morgan fingerprint density at radius 3 is 2.83 bits per heavy atom. The number of nitrogens with one attached hydrogen (secondary N) is 1. The van der Waals surface area contributed by atoms with Gasteiger partial charge in [-0.1, -0.05) is 6.07 Å². The number of amides is 1. The number of nitrogens with zero attached hydrogens (tertiary/aromatic N) is 3. The Kier molecular flexibility index (Phi) is 4.61. The molecule has 0 radical (unpaired) electrons. The predicted octanol–water partition coefficient (Wildman–Crippen LogP) is 3.60. The van der Waals surface area contributed by atoms with Crippen LogP contribution in [0.3, 0.4) is 0 Å². The Balaban J connectivity index is 1.87. The van der Waals surface area contributed by atoms with Gasteiger partial charge in [0.15, 0.2) is 0 Å². The zero-order chi connectivity index (χ0) is 17.1. The Hall–Kier alpha value is -2.67. The Labute approximate surface area is 147 Å². The zero-order valence-electron chi connectivity index (χ0n) is 13.2. The number of aryl methyl sites for hydroxylation is 1. The molecule has 2 heterocycles. The van der Waals surface area contributed by atoms with Crippen molar-refractivity contribution in [3.8, 4) is 11.6 Å². The SMILES string of the molecule is COc1ncc(C)cc1NC(=O)c1cccc(-n2cc(Br)cn2)c1. The van der Waals surface area contributed by atoms with Crippen LogP contribution in [0, 0.1) is 6.92 Å². The number of pyridine rings is 1. The van der Waals surface area contributed by atoms with Crippen molar-refractivity contribution in [3.05, 3.63) is 64.5 Å². The molecule has 7 heteroatoms. The lowest BCUT2D eigenvalue weighted by molar-refractivity contribution is 0.102. The van der Waals surface area contributed by atoms with Gasteiger partial charge in [-0.25, -0.2) is 9.67 Å². The van der Waals surface area contributed by atoms with Crippen LogP contribution in [-0.4, -0.2) is 27.8 Å². The first-order valence-electron chi connectivity index (χ1n) is 7.19. The van der Waals surface area contributed by atoms with E-state index in [2.05, 4.69) is 31.3 Å². The summed E-state index contributed by atoms with van der Waals surface area (Å²) >= 11 is 3.36. The summed E-state index contributed by atoms with van der Waals surface area (Å²) in [6.45, 7) is 1.90. The van der Waals surface area contributed by atoms with E-state index in [0.717, 1.165) is 15.7 Å². The predicted molar refractivity (Wildman–Crippen MR) is 94.7 cm³/mol. The highest BCUT2D eigenvalue weighted by Crippen LogP contribution is 2.23. The maximum atomic E-state index is 12.5. The molecule has 24 heavy (non-hydrogen) atoms. The number of carbonyl (C=O) groups is 1. The molecule has 2 aromatic heterocycles. The molecule has 1 amide bonds. The van der Waals surface area contributed by atoms with Gasteiger partial charge < -0.3 is 10.1 Å². The summed E-state index contributed by atoms with van der Waals surface area (Å²) < 4.78 is 7.75. The second-order valence-electron chi connectivity index (χ2n) is 5.18. The summed E-state index contributed by atoms with van der Waals surface area (Å²) in [7, 11) is 1.52. The monoisotopic (exact) mass is 386 g/mol. The highest BCUT2D eigenvalue weighted by atomic mass is 79.9. The highest BCUT2D eigenvalue weighted by Gasteiger charge is 2.12. The lowest BCUT2D eigenvalue weighted by Gasteiger charge is -2.10. The van der Waals surface area contributed by atoms with Crippen LogP contribution in [0.25, 0.3) is 5.69 Å². The molecular formula is C17H15BrN4O2. The van der Waals surface area contributed by atoms with Crippen LogP contribution in [0.5, 0.6) is 5.88 Å². The number of benzene rings is 1. The van der Waals surface area contributed by atoms with Crippen molar-refractivity contribution in [2.75, 3.05) is 12.4 Å². The third-order valence-electron chi connectivity index (χ3n) is 3.35. The summed E-state index contributed by atoms with van der Waals surface area (Å²) in [6, 6.07) is 9.02. The molecule has 3 aromatic rings. The number of carbonyl (C=O) groups excluding carboxylic acids is 1. The van der Waals surface area contributed by atoms with E-state index in [-0.39, 0.29) is 5.91 Å². The molecule has 0 saturated heterocycles. The topological polar surface area (TPSA) is 69.0 Å². The number of halogens is 1. The Morgan fingerprint density at radius 1 is 1.29 bits per heavy atom. The Morgan fingerprint density at radius 2 is 2.12 bits per heavy atom. The second-order valence-corrected chi connectivity index (χ2v) is 6.09. The summed E-state index contributed by atoms with van der Waals surface area (Å²) in [5.74, 6) is 0.134. The number of methoxy groups -OCH3 is 1. The van der Waals surface area contributed by atoms with Crippen molar-refractivity contribution in [1.82, 2.24) is 14.8 Å². The molecule has 0 fully saturated rings. The second kappa shape index (κ2) is 6.84. The van der Waals surface area contributed by atoms with Gasteiger partial charge in [0.2, 0.25) is 5.88 Å². The molecule has 0 aliphatic heterocycles. The molecule has 0 aliphatic carbocycles. The molecule has 6 nitrogen and oxygen atoms in total. The molecule has 0 saturated carbocycles. The first kappa shape index (κ1) is 16.2. The first-order valence-corrected chi connectivity index (χ1v) is 7.99. The molecule has 0 atom stereocenters. The van der Waals surface area contributed by atoms with Crippen molar-refractivity contribution >= 4 is 27.5 Å². The lowest BCUT2D eigenvalue weighted by atomic mass is 10.2. The fourth-order valence-corrected chi connectivity index (χ4v) is 2.52. The third kappa shape index (κ3) is 3.46. The van der Waals surface area contributed by atoms with Gasteiger partial charge in [-0.05, 0) is 52.7 Å². The summed E-state index contributed by atoms with van der Waals surface area (Å²) in [5, 5.41) is 7.05. The van der Waals surface area contributed by atoms with Crippen LogP contribution < -0.4 is 10.1 Å². The van der Waals surface area contributed by atoms with Crippen molar-refractivity contribution < 1.29 is 9.53 Å². The Bertz CT molecular complexity index is 892. The first-order chi connectivity index (χ1) is 11.6. The van der Waals surface area contributed by atoms with Gasteiger partial charge in [-0.15, -0.1) is 0 Å².